The number of rotatable bonds is 4. The van der Waals surface area contributed by atoms with E-state index in [1.165, 1.54) is 5.13 Å². The van der Waals surface area contributed by atoms with Gasteiger partial charge in [-0.05, 0) is 13.8 Å². The van der Waals surface area contributed by atoms with Gasteiger partial charge in [-0.1, -0.05) is 0 Å². The maximum absolute atomic E-state index is 5.21. The monoisotopic (exact) mass is 255 g/mol. The number of aromatic nitrogens is 1. The Balaban J connectivity index is 1.85. The minimum atomic E-state index is 0.514. The molecule has 1 atom stereocenters. The number of nitrogens with zero attached hydrogens (tertiary/aromatic N) is 3. The minimum Gasteiger partial charge on any atom is -0.383 e. The summed E-state index contributed by atoms with van der Waals surface area (Å²) in [5, 5.41) is 3.29. The second kappa shape index (κ2) is 5.80. The molecular weight excluding hydrogens is 234 g/mol. The van der Waals surface area contributed by atoms with E-state index in [1.807, 2.05) is 0 Å². The molecule has 1 aliphatic rings. The van der Waals surface area contributed by atoms with E-state index < -0.39 is 0 Å². The Hall–Kier alpha value is -0.650. The van der Waals surface area contributed by atoms with Crippen LogP contribution in [0.5, 0.6) is 0 Å². The second-order valence-electron chi connectivity index (χ2n) is 4.60. The van der Waals surface area contributed by atoms with E-state index >= 15 is 0 Å². The average Bonchev–Trinajstić information content (AvgIpc) is 2.76. The van der Waals surface area contributed by atoms with Gasteiger partial charge >= 0.3 is 0 Å². The molecule has 1 aliphatic heterocycles. The van der Waals surface area contributed by atoms with Gasteiger partial charge in [-0.2, -0.15) is 0 Å². The lowest BCUT2D eigenvalue weighted by molar-refractivity contribution is 0.0953. The zero-order valence-electron chi connectivity index (χ0n) is 10.8. The van der Waals surface area contributed by atoms with Crippen molar-refractivity contribution in [1.82, 2.24) is 9.88 Å². The van der Waals surface area contributed by atoms with Gasteiger partial charge in [-0.15, -0.1) is 11.3 Å². The van der Waals surface area contributed by atoms with Gasteiger partial charge in [-0.25, -0.2) is 4.98 Å². The Morgan fingerprint density at radius 1 is 1.41 bits per heavy atom. The van der Waals surface area contributed by atoms with Gasteiger partial charge in [0.05, 0.1) is 12.3 Å². The van der Waals surface area contributed by atoms with Crippen LogP contribution in [0, 0.1) is 6.92 Å². The molecule has 0 bridgehead atoms. The normalized spacial score (nSPS) is 19.6. The van der Waals surface area contributed by atoms with Crippen LogP contribution in [0.15, 0.2) is 5.38 Å². The Bertz CT molecular complexity index is 347. The number of ether oxygens (including phenoxy) is 1. The number of hydrogen-bond acceptors (Lipinski definition) is 5. The van der Waals surface area contributed by atoms with Crippen molar-refractivity contribution in [3.05, 3.63) is 11.1 Å². The molecule has 96 valence electrons. The summed E-state index contributed by atoms with van der Waals surface area (Å²) >= 11 is 1.75. The molecule has 1 fully saturated rings. The molecule has 0 aliphatic carbocycles. The zero-order valence-corrected chi connectivity index (χ0v) is 11.7. The highest BCUT2D eigenvalue weighted by molar-refractivity contribution is 7.13. The summed E-state index contributed by atoms with van der Waals surface area (Å²) in [7, 11) is 1.77. The highest BCUT2D eigenvalue weighted by Gasteiger charge is 2.22. The predicted molar refractivity (Wildman–Crippen MR) is 72.0 cm³/mol. The first-order chi connectivity index (χ1) is 8.20. The third-order valence-corrected chi connectivity index (χ3v) is 4.24. The van der Waals surface area contributed by atoms with Crippen molar-refractivity contribution in [2.45, 2.75) is 19.9 Å². The number of hydrogen-bond donors (Lipinski definition) is 0. The van der Waals surface area contributed by atoms with Gasteiger partial charge in [0.2, 0.25) is 0 Å². The summed E-state index contributed by atoms with van der Waals surface area (Å²) < 4.78 is 5.21. The van der Waals surface area contributed by atoms with Gasteiger partial charge in [0.25, 0.3) is 0 Å². The van der Waals surface area contributed by atoms with Gasteiger partial charge in [0, 0.05) is 44.7 Å². The summed E-state index contributed by atoms with van der Waals surface area (Å²) in [5.41, 5.74) is 1.13. The van der Waals surface area contributed by atoms with Crippen molar-refractivity contribution in [1.29, 1.82) is 0 Å². The zero-order chi connectivity index (χ0) is 12.3. The molecule has 1 aromatic rings. The number of methoxy groups -OCH3 is 1. The summed E-state index contributed by atoms with van der Waals surface area (Å²) in [6.45, 7) is 9.44. The maximum Gasteiger partial charge on any atom is 0.185 e. The lowest BCUT2D eigenvalue weighted by Gasteiger charge is -2.37. The summed E-state index contributed by atoms with van der Waals surface area (Å²) in [6, 6.07) is 0.514. The highest BCUT2D eigenvalue weighted by Crippen LogP contribution is 2.21. The fourth-order valence-corrected chi connectivity index (χ4v) is 3.04. The van der Waals surface area contributed by atoms with Crippen molar-refractivity contribution in [3.63, 3.8) is 0 Å². The fraction of sp³-hybridized carbons (Fsp3) is 0.750. The first-order valence-corrected chi connectivity index (χ1v) is 6.98. The molecule has 0 aromatic carbocycles. The summed E-state index contributed by atoms with van der Waals surface area (Å²) in [6.07, 6.45) is 0. The molecule has 0 saturated carbocycles. The Morgan fingerprint density at radius 2 is 2.12 bits per heavy atom. The van der Waals surface area contributed by atoms with E-state index in [0.717, 1.165) is 38.5 Å². The lowest BCUT2D eigenvalue weighted by Crippen LogP contribution is -2.50. The Kier molecular flexibility index (Phi) is 4.36. The van der Waals surface area contributed by atoms with Crippen LogP contribution in [0.2, 0.25) is 0 Å². The van der Waals surface area contributed by atoms with Crippen LogP contribution in [0.25, 0.3) is 0 Å². The molecule has 2 heterocycles. The molecule has 17 heavy (non-hydrogen) atoms. The van der Waals surface area contributed by atoms with Gasteiger partial charge in [-0.3, -0.25) is 4.90 Å². The van der Waals surface area contributed by atoms with Gasteiger partial charge < -0.3 is 9.64 Å². The number of aryl methyl sites for hydroxylation is 1. The molecule has 0 unspecified atom stereocenters. The number of thiazole rings is 1. The standard InChI is InChI=1S/C12H21N3OS/c1-10-9-17-12(13-10)15-6-4-14(5-7-15)11(2)8-16-3/h9,11H,4-8H2,1-3H3/t11-/m1/s1. The first kappa shape index (κ1) is 12.8. The van der Waals surface area contributed by atoms with Crippen LogP contribution in [0.1, 0.15) is 12.6 Å². The molecule has 1 aromatic heterocycles. The Morgan fingerprint density at radius 3 is 2.65 bits per heavy atom. The molecular formula is C12H21N3OS. The van der Waals surface area contributed by atoms with E-state index in [2.05, 4.69) is 34.0 Å². The third-order valence-electron chi connectivity index (χ3n) is 3.22. The van der Waals surface area contributed by atoms with Crippen molar-refractivity contribution in [2.75, 3.05) is 44.8 Å². The molecule has 2 rings (SSSR count). The predicted octanol–water partition coefficient (Wildman–Crippen LogP) is 1.61. The van der Waals surface area contributed by atoms with Crippen molar-refractivity contribution < 1.29 is 4.74 Å². The van der Waals surface area contributed by atoms with E-state index in [4.69, 9.17) is 4.74 Å². The van der Waals surface area contributed by atoms with E-state index in [9.17, 15) is 0 Å². The van der Waals surface area contributed by atoms with Gasteiger partial charge in [0.15, 0.2) is 5.13 Å². The third kappa shape index (κ3) is 3.18. The van der Waals surface area contributed by atoms with Crippen molar-refractivity contribution >= 4 is 16.5 Å². The molecule has 0 radical (unpaired) electrons. The van der Waals surface area contributed by atoms with Crippen molar-refractivity contribution in [2.24, 2.45) is 0 Å². The molecule has 5 heteroatoms. The summed E-state index contributed by atoms with van der Waals surface area (Å²) in [4.78, 5) is 9.41. The highest BCUT2D eigenvalue weighted by atomic mass is 32.1. The lowest BCUT2D eigenvalue weighted by atomic mass is 10.2. The van der Waals surface area contributed by atoms with Crippen LogP contribution in [-0.2, 0) is 4.74 Å². The smallest absolute Gasteiger partial charge is 0.185 e. The molecule has 0 spiro atoms. The average molecular weight is 255 g/mol. The van der Waals surface area contributed by atoms with Crippen LogP contribution in [-0.4, -0.2) is 55.8 Å². The van der Waals surface area contributed by atoms with E-state index in [-0.39, 0.29) is 0 Å². The number of piperazine rings is 1. The summed E-state index contributed by atoms with van der Waals surface area (Å²) in [5.74, 6) is 0. The molecule has 0 amide bonds. The van der Waals surface area contributed by atoms with Crippen LogP contribution >= 0.6 is 11.3 Å². The van der Waals surface area contributed by atoms with E-state index in [1.54, 1.807) is 18.4 Å². The second-order valence-corrected chi connectivity index (χ2v) is 5.44. The molecule has 0 N–H and O–H groups in total. The largest absolute Gasteiger partial charge is 0.383 e. The Labute approximate surface area is 107 Å². The van der Waals surface area contributed by atoms with E-state index in [0.29, 0.717) is 6.04 Å². The van der Waals surface area contributed by atoms with Gasteiger partial charge in [0.1, 0.15) is 0 Å². The fourth-order valence-electron chi connectivity index (χ4n) is 2.19. The topological polar surface area (TPSA) is 28.6 Å². The minimum absolute atomic E-state index is 0.514. The first-order valence-electron chi connectivity index (χ1n) is 6.10. The SMILES string of the molecule is COC[C@@H](C)N1CCN(c2nc(C)cs2)CC1. The quantitative estimate of drug-likeness (QED) is 0.817. The van der Waals surface area contributed by atoms with Crippen LogP contribution in [0.4, 0.5) is 5.13 Å². The van der Waals surface area contributed by atoms with Crippen LogP contribution in [0.3, 0.4) is 0 Å². The molecule has 1 saturated heterocycles. The maximum atomic E-state index is 5.21. The molecule has 4 nitrogen and oxygen atoms in total. The van der Waals surface area contributed by atoms with Crippen molar-refractivity contribution in [3.8, 4) is 0 Å². The van der Waals surface area contributed by atoms with Crippen LogP contribution < -0.4 is 4.90 Å². The number of anilines is 1.